The van der Waals surface area contributed by atoms with E-state index in [0.29, 0.717) is 95.5 Å². The van der Waals surface area contributed by atoms with Crippen molar-refractivity contribution in [3.8, 4) is 28.7 Å². The third-order valence-electron chi connectivity index (χ3n) is 14.7. The number of hydrogen-bond acceptors (Lipinski definition) is 15. The van der Waals surface area contributed by atoms with Crippen LogP contribution < -0.4 is 45.0 Å². The Balaban J connectivity index is 0.767. The second-order valence-electron chi connectivity index (χ2n) is 21.6. The minimum absolute atomic E-state index is 0.0446. The van der Waals surface area contributed by atoms with Crippen LogP contribution in [0.4, 0.5) is 16.2 Å². The lowest BCUT2D eigenvalue weighted by atomic mass is 10.0. The molecule has 8 rings (SSSR count). The van der Waals surface area contributed by atoms with Gasteiger partial charge < -0.3 is 59.4 Å². The summed E-state index contributed by atoms with van der Waals surface area (Å²) in [5.41, 5.74) is 6.58. The maximum atomic E-state index is 14.0. The molecule has 2 atom stereocenters. The van der Waals surface area contributed by atoms with Gasteiger partial charge in [0, 0.05) is 79.7 Å². The zero-order valence-electron chi connectivity index (χ0n) is 49.7. The number of benzene rings is 5. The molecule has 1 unspecified atom stereocenters. The van der Waals surface area contributed by atoms with Gasteiger partial charge in [0.15, 0.2) is 23.0 Å². The topological polar surface area (TPSA) is 258 Å². The van der Waals surface area contributed by atoms with Crippen LogP contribution in [0.15, 0.2) is 114 Å². The van der Waals surface area contributed by atoms with E-state index < -0.39 is 29.6 Å². The van der Waals surface area contributed by atoms with E-state index in [9.17, 15) is 28.8 Å². The second kappa shape index (κ2) is 28.9. The molecule has 86 heavy (non-hydrogen) atoms. The number of carbonyl (C=O) groups excluding carboxylic acids is 6. The number of methoxy groups -OCH3 is 3. The lowest BCUT2D eigenvalue weighted by Gasteiger charge is -2.25. The molecular formula is C65H74N8O13. The van der Waals surface area contributed by atoms with E-state index >= 15 is 0 Å². The summed E-state index contributed by atoms with van der Waals surface area (Å²) in [5.74, 6) is 0.349. The lowest BCUT2D eigenvalue weighted by Crippen LogP contribution is -2.51. The molecule has 0 fully saturated rings. The number of aliphatic imine (C=N–C) groups is 1. The van der Waals surface area contributed by atoms with Crippen LogP contribution in [0.5, 0.6) is 28.7 Å². The van der Waals surface area contributed by atoms with Crippen molar-refractivity contribution in [3.05, 3.63) is 148 Å². The average Bonchev–Trinajstić information content (AvgIpc) is 3.28. The first kappa shape index (κ1) is 62.5. The lowest BCUT2D eigenvalue weighted by molar-refractivity contribution is -0.131. The Bertz CT molecular complexity index is 3390. The Morgan fingerprint density at radius 2 is 1.43 bits per heavy atom. The molecule has 0 spiro atoms. The number of rotatable bonds is 27. The maximum absolute atomic E-state index is 14.0. The van der Waals surface area contributed by atoms with E-state index in [0.717, 1.165) is 34.2 Å². The van der Waals surface area contributed by atoms with Crippen LogP contribution in [0, 0.1) is 11.3 Å². The van der Waals surface area contributed by atoms with Crippen molar-refractivity contribution in [1.82, 2.24) is 20.4 Å². The van der Waals surface area contributed by atoms with Gasteiger partial charge in [0.1, 0.15) is 24.6 Å². The Morgan fingerprint density at radius 3 is 2.09 bits per heavy atom. The largest absolute Gasteiger partial charge is 0.497 e. The number of amides is 6. The van der Waals surface area contributed by atoms with Gasteiger partial charge in [-0.15, -0.1) is 0 Å². The second-order valence-corrected chi connectivity index (χ2v) is 21.6. The SMILES string of the molecule is CCOC(C)(C)CCC(=O)NC(C(=O)NCC(=O)Nc1ccc(COC(=O)Nc2ccc(C3=CN(C(=O)c4cc(OC)c(OCCCOc5cc6c(cc5OC)C(=O)N5C=C(c7ccc(OC)cc7)C[C@@H]5N=C6)cc4C=N)CC3)cc2)cc1)C(C)C. The van der Waals surface area contributed by atoms with Gasteiger partial charge in [-0.25, -0.2) is 4.79 Å². The van der Waals surface area contributed by atoms with Crippen molar-refractivity contribution < 1.29 is 61.9 Å². The Hall–Kier alpha value is -9.50. The number of nitrogens with one attached hydrogen (secondary N) is 5. The van der Waals surface area contributed by atoms with E-state index in [1.807, 2.05) is 77.2 Å². The number of fused-ring (bicyclic) bond motifs is 2. The fourth-order valence-corrected chi connectivity index (χ4v) is 9.93. The van der Waals surface area contributed by atoms with Crippen LogP contribution in [-0.4, -0.2) is 130 Å². The van der Waals surface area contributed by atoms with Crippen LogP contribution in [0.1, 0.15) is 115 Å². The van der Waals surface area contributed by atoms with E-state index in [1.54, 1.807) is 90.0 Å². The highest BCUT2D eigenvalue weighted by Crippen LogP contribution is 2.38. The van der Waals surface area contributed by atoms with Gasteiger partial charge in [0.25, 0.3) is 11.8 Å². The van der Waals surface area contributed by atoms with Crippen LogP contribution >= 0.6 is 0 Å². The van der Waals surface area contributed by atoms with Gasteiger partial charge in [0.2, 0.25) is 17.7 Å². The number of carbonyl (C=O) groups is 6. The molecule has 21 heteroatoms. The summed E-state index contributed by atoms with van der Waals surface area (Å²) in [5, 5.41) is 19.0. The molecule has 452 valence electrons. The molecular weight excluding hydrogens is 1100 g/mol. The summed E-state index contributed by atoms with van der Waals surface area (Å²) in [4.78, 5) is 87.0. The van der Waals surface area contributed by atoms with Gasteiger partial charge in [-0.05, 0) is 128 Å². The zero-order chi connectivity index (χ0) is 61.5. The van der Waals surface area contributed by atoms with Crippen LogP contribution in [0.3, 0.4) is 0 Å². The van der Waals surface area contributed by atoms with Crippen molar-refractivity contribution in [3.63, 3.8) is 0 Å². The number of hydrogen-bond donors (Lipinski definition) is 5. The Morgan fingerprint density at radius 1 is 0.779 bits per heavy atom. The molecule has 5 N–H and O–H groups in total. The van der Waals surface area contributed by atoms with Crippen LogP contribution in [-0.2, 0) is 30.5 Å². The van der Waals surface area contributed by atoms with Crippen molar-refractivity contribution >= 4 is 70.6 Å². The summed E-state index contributed by atoms with van der Waals surface area (Å²) < 4.78 is 40.0. The van der Waals surface area contributed by atoms with E-state index in [4.69, 9.17) is 43.6 Å². The predicted octanol–water partition coefficient (Wildman–Crippen LogP) is 9.63. The standard InChI is InChI=1S/C65H74N8O13/c1-9-86-65(4,5)25-23-58(74)71-60(40(2)3)61(76)68-36-59(75)69-48-17-11-41(12-18-48)39-85-64(79)70-49-19-13-42(14-20-49)44-24-26-72(37-44)62(77)51-32-53(81-7)55(29-45(51)34-66)83-27-10-28-84-56-30-46-35-67-57-31-47(43-15-21-50(80-6)22-16-43)38-73(57)63(78)52(46)33-54(56)82-8/h11-22,29-30,32-35,37-38,40,57,60,66H,9-10,23-28,31,36,39H2,1-8H3,(H,68,76)(H,69,75)(H,70,79)(H,71,74)/t57-,60?/m1/s1. The third kappa shape index (κ3) is 16.0. The summed E-state index contributed by atoms with van der Waals surface area (Å²) in [6.07, 6.45) is 7.65. The first-order chi connectivity index (χ1) is 41.4. The third-order valence-corrected chi connectivity index (χ3v) is 14.7. The highest BCUT2D eigenvalue weighted by atomic mass is 16.5. The molecule has 3 heterocycles. The molecule has 5 aromatic carbocycles. The summed E-state index contributed by atoms with van der Waals surface area (Å²) >= 11 is 0. The van der Waals surface area contributed by atoms with Gasteiger partial charge in [0.05, 0.1) is 57.8 Å². The zero-order valence-corrected chi connectivity index (χ0v) is 49.7. The number of nitrogens with zero attached hydrogens (tertiary/aromatic N) is 3. The first-order valence-electron chi connectivity index (χ1n) is 28.5. The van der Waals surface area contributed by atoms with E-state index in [-0.39, 0.29) is 68.2 Å². The summed E-state index contributed by atoms with van der Waals surface area (Å²) in [6, 6.07) is 27.4. The predicted molar refractivity (Wildman–Crippen MR) is 326 cm³/mol. The normalized spacial score (nSPS) is 14.6. The molecule has 0 aliphatic carbocycles. The van der Waals surface area contributed by atoms with Crippen molar-refractivity contribution in [2.75, 3.05) is 64.9 Å². The van der Waals surface area contributed by atoms with Crippen LogP contribution in [0.2, 0.25) is 0 Å². The quantitative estimate of drug-likeness (QED) is 0.0243. The molecule has 5 aromatic rings. The monoisotopic (exact) mass is 1170 g/mol. The van der Waals surface area contributed by atoms with E-state index in [2.05, 4.69) is 21.3 Å². The smallest absolute Gasteiger partial charge is 0.411 e. The van der Waals surface area contributed by atoms with E-state index in [1.165, 1.54) is 14.2 Å². The molecule has 0 saturated carbocycles. The van der Waals surface area contributed by atoms with Crippen molar-refractivity contribution in [2.45, 2.75) is 91.1 Å². The van der Waals surface area contributed by atoms with Gasteiger partial charge in [-0.1, -0.05) is 50.2 Å². The Labute approximate surface area is 500 Å². The molecule has 0 radical (unpaired) electrons. The van der Waals surface area contributed by atoms with Crippen molar-refractivity contribution in [2.24, 2.45) is 10.9 Å². The summed E-state index contributed by atoms with van der Waals surface area (Å²) in [6.45, 7) is 10.4. The fourth-order valence-electron chi connectivity index (χ4n) is 9.93. The molecule has 3 aliphatic rings. The Kier molecular flexibility index (Phi) is 21.0. The highest BCUT2D eigenvalue weighted by molar-refractivity contribution is 6.06. The summed E-state index contributed by atoms with van der Waals surface area (Å²) in [7, 11) is 4.62. The molecule has 0 saturated heterocycles. The van der Waals surface area contributed by atoms with Gasteiger partial charge in [-0.3, -0.25) is 39.2 Å². The minimum Gasteiger partial charge on any atom is -0.497 e. The molecule has 3 aliphatic heterocycles. The maximum Gasteiger partial charge on any atom is 0.411 e. The van der Waals surface area contributed by atoms with Crippen LogP contribution in [0.25, 0.3) is 11.1 Å². The number of ether oxygens (including phenoxy) is 7. The first-order valence-corrected chi connectivity index (χ1v) is 28.5. The average molecular weight is 1180 g/mol. The van der Waals surface area contributed by atoms with Gasteiger partial charge >= 0.3 is 6.09 Å². The molecule has 0 bridgehead atoms. The highest BCUT2D eigenvalue weighted by Gasteiger charge is 2.34. The molecule has 0 aromatic heterocycles. The minimum atomic E-state index is -0.817. The molecule has 6 amide bonds. The number of anilines is 2. The van der Waals surface area contributed by atoms with Gasteiger partial charge in [-0.2, -0.15) is 0 Å². The fraction of sp³-hybridized carbons (Fsp3) is 0.354. The molecule has 21 nitrogen and oxygen atoms in total. The van der Waals surface area contributed by atoms with Crippen molar-refractivity contribution in [1.29, 1.82) is 5.41 Å².